The topological polar surface area (TPSA) is 26.7 Å². The zero-order valence-corrected chi connectivity index (χ0v) is 10.1. The zero-order chi connectivity index (χ0) is 11.5. The van der Waals surface area contributed by atoms with E-state index in [4.69, 9.17) is 0 Å². The van der Waals surface area contributed by atoms with Crippen LogP contribution < -0.4 is 4.90 Å². The van der Waals surface area contributed by atoms with Crippen LogP contribution in [-0.4, -0.2) is 43.2 Å². The van der Waals surface area contributed by atoms with Gasteiger partial charge in [-0.3, -0.25) is 0 Å². The number of piperazine rings is 1. The molecule has 1 unspecified atom stereocenters. The monoisotopic (exact) mass is 220 g/mol. The van der Waals surface area contributed by atoms with E-state index in [-0.39, 0.29) is 6.10 Å². The van der Waals surface area contributed by atoms with Crippen molar-refractivity contribution in [3.05, 3.63) is 29.8 Å². The van der Waals surface area contributed by atoms with Crippen LogP contribution in [-0.2, 0) is 0 Å². The molecule has 0 saturated carbocycles. The lowest BCUT2D eigenvalue weighted by molar-refractivity contribution is 0.199. The first-order valence-corrected chi connectivity index (χ1v) is 5.88. The second-order valence-electron chi connectivity index (χ2n) is 4.56. The number of rotatable bonds is 2. The van der Waals surface area contributed by atoms with Crippen LogP contribution in [0.3, 0.4) is 0 Å². The highest BCUT2D eigenvalue weighted by Crippen LogP contribution is 2.21. The van der Waals surface area contributed by atoms with Gasteiger partial charge in [0.15, 0.2) is 0 Å². The maximum atomic E-state index is 9.56. The fraction of sp³-hybridized carbons (Fsp3) is 0.538. The molecule has 1 aliphatic rings. The minimum atomic E-state index is -0.382. The third kappa shape index (κ3) is 2.54. The van der Waals surface area contributed by atoms with E-state index in [0.717, 1.165) is 31.7 Å². The van der Waals surface area contributed by atoms with Crippen LogP contribution in [0.5, 0.6) is 0 Å². The van der Waals surface area contributed by atoms with Crippen molar-refractivity contribution in [3.63, 3.8) is 0 Å². The number of hydrogen-bond donors (Lipinski definition) is 1. The minimum absolute atomic E-state index is 0.382. The standard InChI is InChI=1S/C13H20N2O/c1-11(16)12-4-3-5-13(10-12)15-8-6-14(2)7-9-15/h3-5,10-11,16H,6-9H2,1-2H3. The van der Waals surface area contributed by atoms with Gasteiger partial charge in [-0.2, -0.15) is 0 Å². The van der Waals surface area contributed by atoms with Crippen molar-refractivity contribution < 1.29 is 5.11 Å². The summed E-state index contributed by atoms with van der Waals surface area (Å²) in [6.07, 6.45) is -0.382. The van der Waals surface area contributed by atoms with E-state index >= 15 is 0 Å². The van der Waals surface area contributed by atoms with E-state index in [1.165, 1.54) is 5.69 Å². The van der Waals surface area contributed by atoms with Crippen molar-refractivity contribution in [3.8, 4) is 0 Å². The Bertz CT molecular complexity index is 344. The van der Waals surface area contributed by atoms with Crippen LogP contribution in [0.2, 0.25) is 0 Å². The highest BCUT2D eigenvalue weighted by atomic mass is 16.3. The summed E-state index contributed by atoms with van der Waals surface area (Å²) in [6.45, 7) is 6.17. The molecule has 1 aliphatic heterocycles. The van der Waals surface area contributed by atoms with Crippen molar-refractivity contribution >= 4 is 5.69 Å². The Morgan fingerprint density at radius 3 is 2.50 bits per heavy atom. The minimum Gasteiger partial charge on any atom is -0.389 e. The highest BCUT2D eigenvalue weighted by molar-refractivity contribution is 5.49. The van der Waals surface area contributed by atoms with E-state index in [0.29, 0.717) is 0 Å². The van der Waals surface area contributed by atoms with Gasteiger partial charge in [0.2, 0.25) is 0 Å². The molecule has 0 bridgehead atoms. The van der Waals surface area contributed by atoms with Gasteiger partial charge >= 0.3 is 0 Å². The number of likely N-dealkylation sites (N-methyl/N-ethyl adjacent to an activating group) is 1. The summed E-state index contributed by atoms with van der Waals surface area (Å²) in [4.78, 5) is 4.72. The summed E-state index contributed by atoms with van der Waals surface area (Å²) in [5, 5.41) is 9.56. The summed E-state index contributed by atoms with van der Waals surface area (Å²) in [7, 11) is 2.16. The Balaban J connectivity index is 2.11. The normalized spacial score (nSPS) is 19.8. The Morgan fingerprint density at radius 1 is 1.19 bits per heavy atom. The van der Waals surface area contributed by atoms with Crippen molar-refractivity contribution in [2.45, 2.75) is 13.0 Å². The number of benzene rings is 1. The first-order chi connectivity index (χ1) is 7.66. The molecule has 16 heavy (non-hydrogen) atoms. The Kier molecular flexibility index (Phi) is 3.46. The number of nitrogens with zero attached hydrogens (tertiary/aromatic N) is 2. The fourth-order valence-electron chi connectivity index (χ4n) is 2.05. The second-order valence-corrected chi connectivity index (χ2v) is 4.56. The summed E-state index contributed by atoms with van der Waals surface area (Å²) in [6, 6.07) is 8.22. The number of hydrogen-bond acceptors (Lipinski definition) is 3. The van der Waals surface area contributed by atoms with Gasteiger partial charge in [-0.25, -0.2) is 0 Å². The van der Waals surface area contributed by atoms with Gasteiger partial charge < -0.3 is 14.9 Å². The third-order valence-electron chi connectivity index (χ3n) is 3.22. The van der Waals surface area contributed by atoms with Gasteiger partial charge in [-0.05, 0) is 31.7 Å². The zero-order valence-electron chi connectivity index (χ0n) is 10.1. The van der Waals surface area contributed by atoms with Gasteiger partial charge in [0.05, 0.1) is 6.10 Å². The van der Waals surface area contributed by atoms with Crippen LogP contribution in [0.25, 0.3) is 0 Å². The Morgan fingerprint density at radius 2 is 1.88 bits per heavy atom. The summed E-state index contributed by atoms with van der Waals surface area (Å²) in [5.41, 5.74) is 2.22. The quantitative estimate of drug-likeness (QED) is 0.818. The Labute approximate surface area is 97.3 Å². The lowest BCUT2D eigenvalue weighted by Gasteiger charge is -2.34. The molecule has 1 heterocycles. The summed E-state index contributed by atoms with van der Waals surface area (Å²) < 4.78 is 0. The van der Waals surface area contributed by atoms with Gasteiger partial charge in [0, 0.05) is 31.9 Å². The van der Waals surface area contributed by atoms with E-state index < -0.39 is 0 Å². The molecule has 1 N–H and O–H groups in total. The molecule has 0 radical (unpaired) electrons. The van der Waals surface area contributed by atoms with Crippen LogP contribution >= 0.6 is 0 Å². The largest absolute Gasteiger partial charge is 0.389 e. The van der Waals surface area contributed by atoms with E-state index in [1.54, 1.807) is 0 Å². The molecular weight excluding hydrogens is 200 g/mol. The van der Waals surface area contributed by atoms with Crippen LogP contribution in [0, 0.1) is 0 Å². The second kappa shape index (κ2) is 4.85. The average Bonchev–Trinajstić information content (AvgIpc) is 2.30. The number of anilines is 1. The molecule has 1 atom stereocenters. The van der Waals surface area contributed by atoms with Crippen LogP contribution in [0.15, 0.2) is 24.3 Å². The molecule has 1 aromatic rings. The van der Waals surface area contributed by atoms with E-state index in [2.05, 4.69) is 29.0 Å². The summed E-state index contributed by atoms with van der Waals surface area (Å²) >= 11 is 0. The average molecular weight is 220 g/mol. The molecule has 0 spiro atoms. The van der Waals surface area contributed by atoms with E-state index in [9.17, 15) is 5.11 Å². The summed E-state index contributed by atoms with van der Waals surface area (Å²) in [5.74, 6) is 0. The van der Waals surface area contributed by atoms with Crippen molar-refractivity contribution in [1.82, 2.24) is 4.90 Å². The number of aliphatic hydroxyl groups is 1. The lowest BCUT2D eigenvalue weighted by Crippen LogP contribution is -2.44. The smallest absolute Gasteiger partial charge is 0.0762 e. The van der Waals surface area contributed by atoms with Crippen molar-refractivity contribution in [1.29, 1.82) is 0 Å². The molecule has 2 rings (SSSR count). The molecule has 1 fully saturated rings. The van der Waals surface area contributed by atoms with Crippen LogP contribution in [0.1, 0.15) is 18.6 Å². The van der Waals surface area contributed by atoms with Crippen molar-refractivity contribution in [2.24, 2.45) is 0 Å². The molecule has 0 aliphatic carbocycles. The molecule has 3 heteroatoms. The van der Waals surface area contributed by atoms with Gasteiger partial charge in [-0.15, -0.1) is 0 Å². The fourth-order valence-corrected chi connectivity index (χ4v) is 2.05. The predicted octanol–water partition coefficient (Wildman–Crippen LogP) is 1.49. The first kappa shape index (κ1) is 11.4. The molecular formula is C13H20N2O. The van der Waals surface area contributed by atoms with Crippen molar-refractivity contribution in [2.75, 3.05) is 38.1 Å². The molecule has 1 aromatic carbocycles. The molecule has 88 valence electrons. The molecule has 3 nitrogen and oxygen atoms in total. The van der Waals surface area contributed by atoms with Gasteiger partial charge in [-0.1, -0.05) is 12.1 Å². The first-order valence-electron chi connectivity index (χ1n) is 5.88. The molecule has 1 saturated heterocycles. The highest BCUT2D eigenvalue weighted by Gasteiger charge is 2.14. The van der Waals surface area contributed by atoms with Gasteiger partial charge in [0.1, 0.15) is 0 Å². The maximum absolute atomic E-state index is 9.56. The lowest BCUT2D eigenvalue weighted by atomic mass is 10.1. The maximum Gasteiger partial charge on any atom is 0.0762 e. The predicted molar refractivity (Wildman–Crippen MR) is 66.8 cm³/mol. The number of aliphatic hydroxyl groups excluding tert-OH is 1. The third-order valence-corrected chi connectivity index (χ3v) is 3.22. The van der Waals surface area contributed by atoms with E-state index in [1.807, 2.05) is 19.1 Å². The molecule has 0 aromatic heterocycles. The Hall–Kier alpha value is -1.06. The van der Waals surface area contributed by atoms with Crippen LogP contribution in [0.4, 0.5) is 5.69 Å². The van der Waals surface area contributed by atoms with Gasteiger partial charge in [0.25, 0.3) is 0 Å². The molecule has 0 amide bonds. The SMILES string of the molecule is CC(O)c1cccc(N2CCN(C)CC2)c1.